The maximum Gasteiger partial charge on any atom is 0.272 e. The maximum absolute atomic E-state index is 12.5. The van der Waals surface area contributed by atoms with Gasteiger partial charge < -0.3 is 10.2 Å². The first kappa shape index (κ1) is 11.7. The van der Waals surface area contributed by atoms with Gasteiger partial charge in [0.15, 0.2) is 0 Å². The van der Waals surface area contributed by atoms with Crippen LogP contribution in [0.1, 0.15) is 28.9 Å². The van der Waals surface area contributed by atoms with Crippen molar-refractivity contribution < 1.29 is 4.79 Å². The molecule has 1 amide bonds. The molecule has 0 bridgehead atoms. The Morgan fingerprint density at radius 1 is 1.50 bits per heavy atom. The molecule has 3 rings (SSSR count). The molecule has 2 aliphatic rings. The Morgan fingerprint density at radius 3 is 3.11 bits per heavy atom. The highest BCUT2D eigenvalue weighted by atomic mass is 16.2. The van der Waals surface area contributed by atoms with Gasteiger partial charge in [-0.15, -0.1) is 0 Å². The van der Waals surface area contributed by atoms with E-state index in [2.05, 4.69) is 10.3 Å². The first-order valence-electron chi connectivity index (χ1n) is 6.62. The first-order chi connectivity index (χ1) is 8.70. The van der Waals surface area contributed by atoms with E-state index < -0.39 is 0 Å². The van der Waals surface area contributed by atoms with Gasteiger partial charge in [-0.3, -0.25) is 9.78 Å². The largest absolute Gasteiger partial charge is 0.337 e. The SMILES string of the molecule is Cc1cccnc1C(=O)N1CCC2(CCNC2)C1. The van der Waals surface area contributed by atoms with Crippen molar-refractivity contribution >= 4 is 5.91 Å². The van der Waals surface area contributed by atoms with Crippen LogP contribution in [0.4, 0.5) is 0 Å². The van der Waals surface area contributed by atoms with Crippen LogP contribution in [0.2, 0.25) is 0 Å². The highest BCUT2D eigenvalue weighted by molar-refractivity contribution is 5.93. The third-order valence-electron chi connectivity index (χ3n) is 4.27. The molecule has 1 unspecified atom stereocenters. The quantitative estimate of drug-likeness (QED) is 0.809. The minimum absolute atomic E-state index is 0.0943. The van der Waals surface area contributed by atoms with Crippen LogP contribution in [0.5, 0.6) is 0 Å². The highest BCUT2D eigenvalue weighted by Gasteiger charge is 2.42. The number of likely N-dealkylation sites (tertiary alicyclic amines) is 1. The lowest BCUT2D eigenvalue weighted by molar-refractivity contribution is 0.0769. The van der Waals surface area contributed by atoms with E-state index in [1.807, 2.05) is 24.0 Å². The van der Waals surface area contributed by atoms with Gasteiger partial charge in [0.2, 0.25) is 0 Å². The predicted octanol–water partition coefficient (Wildman–Crippen LogP) is 1.22. The molecule has 4 heteroatoms. The van der Waals surface area contributed by atoms with Crippen LogP contribution >= 0.6 is 0 Å². The molecule has 1 spiro atoms. The molecule has 0 aliphatic carbocycles. The Bertz CT molecular complexity index is 466. The van der Waals surface area contributed by atoms with Gasteiger partial charge in [-0.25, -0.2) is 0 Å². The number of aromatic nitrogens is 1. The first-order valence-corrected chi connectivity index (χ1v) is 6.62. The molecular formula is C14H19N3O. The van der Waals surface area contributed by atoms with E-state index in [0.29, 0.717) is 11.1 Å². The molecule has 2 fully saturated rings. The van der Waals surface area contributed by atoms with Gasteiger partial charge in [-0.1, -0.05) is 6.07 Å². The van der Waals surface area contributed by atoms with Crippen LogP contribution in [-0.2, 0) is 0 Å². The van der Waals surface area contributed by atoms with Gasteiger partial charge in [0.1, 0.15) is 5.69 Å². The van der Waals surface area contributed by atoms with Gasteiger partial charge >= 0.3 is 0 Å². The number of carbonyl (C=O) groups excluding carboxylic acids is 1. The Labute approximate surface area is 107 Å². The summed E-state index contributed by atoms with van der Waals surface area (Å²) >= 11 is 0. The molecule has 1 aromatic rings. The topological polar surface area (TPSA) is 45.2 Å². The third kappa shape index (κ3) is 1.90. The summed E-state index contributed by atoms with van der Waals surface area (Å²) in [6.07, 6.45) is 4.01. The maximum atomic E-state index is 12.5. The lowest BCUT2D eigenvalue weighted by Gasteiger charge is -2.22. The second kappa shape index (κ2) is 4.35. The normalized spacial score (nSPS) is 27.1. The molecule has 0 aromatic carbocycles. The van der Waals surface area contributed by atoms with Crippen LogP contribution < -0.4 is 5.32 Å². The fourth-order valence-electron chi connectivity index (χ4n) is 3.11. The van der Waals surface area contributed by atoms with Crippen LogP contribution in [-0.4, -0.2) is 42.0 Å². The molecule has 0 saturated carbocycles. The molecular weight excluding hydrogens is 226 g/mol. The van der Waals surface area contributed by atoms with Gasteiger partial charge in [-0.2, -0.15) is 0 Å². The molecule has 1 aromatic heterocycles. The summed E-state index contributed by atoms with van der Waals surface area (Å²) < 4.78 is 0. The molecule has 0 radical (unpaired) electrons. The zero-order chi connectivity index (χ0) is 12.6. The van der Waals surface area contributed by atoms with Crippen molar-refractivity contribution in [3.8, 4) is 0 Å². The smallest absolute Gasteiger partial charge is 0.272 e. The number of aryl methyl sites for hydroxylation is 1. The molecule has 18 heavy (non-hydrogen) atoms. The molecule has 2 aliphatic heterocycles. The van der Waals surface area contributed by atoms with Crippen LogP contribution in [0.3, 0.4) is 0 Å². The lowest BCUT2D eigenvalue weighted by atomic mass is 9.86. The summed E-state index contributed by atoms with van der Waals surface area (Å²) in [5.74, 6) is 0.0943. The summed E-state index contributed by atoms with van der Waals surface area (Å²) in [6, 6.07) is 3.82. The van der Waals surface area contributed by atoms with Crippen molar-refractivity contribution in [3.05, 3.63) is 29.6 Å². The van der Waals surface area contributed by atoms with Crippen molar-refractivity contribution in [2.75, 3.05) is 26.2 Å². The lowest BCUT2D eigenvalue weighted by Crippen LogP contribution is -2.34. The van der Waals surface area contributed by atoms with E-state index in [4.69, 9.17) is 0 Å². The minimum Gasteiger partial charge on any atom is -0.337 e. The van der Waals surface area contributed by atoms with E-state index in [9.17, 15) is 4.79 Å². The molecule has 1 N–H and O–H groups in total. The Kier molecular flexibility index (Phi) is 2.82. The number of nitrogens with zero attached hydrogens (tertiary/aromatic N) is 2. The standard InChI is InChI=1S/C14H19N3O/c1-11-3-2-6-16-12(11)13(18)17-8-5-14(10-17)4-7-15-9-14/h2-3,6,15H,4-5,7-10H2,1H3. The monoisotopic (exact) mass is 245 g/mol. The highest BCUT2D eigenvalue weighted by Crippen LogP contribution is 2.36. The Hall–Kier alpha value is -1.42. The van der Waals surface area contributed by atoms with Gasteiger partial charge in [0.25, 0.3) is 5.91 Å². The summed E-state index contributed by atoms with van der Waals surface area (Å²) in [6.45, 7) is 5.84. The molecule has 3 heterocycles. The summed E-state index contributed by atoms with van der Waals surface area (Å²) in [5.41, 5.74) is 1.91. The van der Waals surface area contributed by atoms with E-state index in [1.54, 1.807) is 6.20 Å². The van der Waals surface area contributed by atoms with E-state index in [0.717, 1.165) is 38.2 Å². The predicted molar refractivity (Wildman–Crippen MR) is 69.4 cm³/mol. The van der Waals surface area contributed by atoms with Gasteiger partial charge in [-0.05, 0) is 37.9 Å². The van der Waals surface area contributed by atoms with E-state index in [-0.39, 0.29) is 5.91 Å². The summed E-state index contributed by atoms with van der Waals surface area (Å²) in [4.78, 5) is 18.7. The van der Waals surface area contributed by atoms with Crippen LogP contribution in [0.25, 0.3) is 0 Å². The van der Waals surface area contributed by atoms with Gasteiger partial charge in [0.05, 0.1) is 0 Å². The zero-order valence-corrected chi connectivity index (χ0v) is 10.8. The molecule has 1 atom stereocenters. The average molecular weight is 245 g/mol. The van der Waals surface area contributed by atoms with E-state index >= 15 is 0 Å². The fourth-order valence-corrected chi connectivity index (χ4v) is 3.11. The fraction of sp³-hybridized carbons (Fsp3) is 0.571. The second-order valence-corrected chi connectivity index (χ2v) is 5.57. The van der Waals surface area contributed by atoms with E-state index in [1.165, 1.54) is 6.42 Å². The number of carbonyl (C=O) groups is 1. The zero-order valence-electron chi connectivity index (χ0n) is 10.8. The van der Waals surface area contributed by atoms with Crippen molar-refractivity contribution in [1.82, 2.24) is 15.2 Å². The van der Waals surface area contributed by atoms with Crippen molar-refractivity contribution in [2.45, 2.75) is 19.8 Å². The molecule has 96 valence electrons. The van der Waals surface area contributed by atoms with Crippen molar-refractivity contribution in [1.29, 1.82) is 0 Å². The number of rotatable bonds is 1. The average Bonchev–Trinajstić information content (AvgIpc) is 3.00. The third-order valence-corrected chi connectivity index (χ3v) is 4.27. The van der Waals surface area contributed by atoms with Crippen molar-refractivity contribution in [2.24, 2.45) is 5.41 Å². The number of hydrogen-bond acceptors (Lipinski definition) is 3. The Morgan fingerprint density at radius 2 is 2.39 bits per heavy atom. The molecule has 2 saturated heterocycles. The van der Waals surface area contributed by atoms with Crippen molar-refractivity contribution in [3.63, 3.8) is 0 Å². The number of hydrogen-bond donors (Lipinski definition) is 1. The summed E-state index contributed by atoms with van der Waals surface area (Å²) in [7, 11) is 0. The van der Waals surface area contributed by atoms with Gasteiger partial charge in [0, 0.05) is 31.2 Å². The number of nitrogens with one attached hydrogen (secondary N) is 1. The second-order valence-electron chi connectivity index (χ2n) is 5.57. The molecule has 4 nitrogen and oxygen atoms in total. The Balaban J connectivity index is 1.77. The van der Waals surface area contributed by atoms with Crippen LogP contribution in [0.15, 0.2) is 18.3 Å². The van der Waals surface area contributed by atoms with Crippen LogP contribution in [0, 0.1) is 12.3 Å². The number of pyridine rings is 1. The number of amides is 1. The minimum atomic E-state index is 0.0943. The summed E-state index contributed by atoms with van der Waals surface area (Å²) in [5, 5.41) is 3.41.